The van der Waals surface area contributed by atoms with Crippen molar-refractivity contribution in [1.29, 1.82) is 0 Å². The number of nitrogens with one attached hydrogen (secondary N) is 3. The van der Waals surface area contributed by atoms with Crippen molar-refractivity contribution >= 4 is 52.2 Å². The van der Waals surface area contributed by atoms with E-state index in [9.17, 15) is 9.59 Å². The summed E-state index contributed by atoms with van der Waals surface area (Å²) in [5.74, 6) is 1.69. The quantitative estimate of drug-likeness (QED) is 0.277. The maximum atomic E-state index is 13.2. The smallest absolute Gasteiger partial charge is 0.257 e. The van der Waals surface area contributed by atoms with Crippen LogP contribution < -0.4 is 16.0 Å². The van der Waals surface area contributed by atoms with Gasteiger partial charge in [-0.2, -0.15) is 4.98 Å². The number of furan rings is 1. The van der Waals surface area contributed by atoms with E-state index in [0.717, 1.165) is 47.5 Å². The van der Waals surface area contributed by atoms with Crippen molar-refractivity contribution < 1.29 is 14.0 Å². The Labute approximate surface area is 242 Å². The molecule has 1 fully saturated rings. The molecule has 3 aromatic heterocycles. The maximum absolute atomic E-state index is 13.2. The Morgan fingerprint density at radius 3 is 2.73 bits per heavy atom. The molecule has 2 aliphatic heterocycles. The summed E-state index contributed by atoms with van der Waals surface area (Å²) in [5.41, 5.74) is 5.00. The molecule has 2 aliphatic rings. The van der Waals surface area contributed by atoms with Crippen LogP contribution in [0.4, 0.5) is 28.8 Å². The highest BCUT2D eigenvalue weighted by Crippen LogP contribution is 2.30. The fraction of sp³-hybridized carbons (Fsp3) is 0.300. The average Bonchev–Trinajstić information content (AvgIpc) is 3.40. The van der Waals surface area contributed by atoms with E-state index in [1.807, 2.05) is 35.4 Å². The second kappa shape index (κ2) is 11.6. The Balaban J connectivity index is 1.14. The van der Waals surface area contributed by atoms with Gasteiger partial charge in [0, 0.05) is 37.1 Å². The van der Waals surface area contributed by atoms with Crippen LogP contribution in [0, 0.1) is 12.8 Å². The fourth-order valence-corrected chi connectivity index (χ4v) is 5.47. The van der Waals surface area contributed by atoms with Crippen LogP contribution in [0.5, 0.6) is 0 Å². The average molecular weight is 572 g/mol. The largest absolute Gasteiger partial charge is 0.469 e. The zero-order valence-electron chi connectivity index (χ0n) is 22.6. The minimum Gasteiger partial charge on any atom is -0.469 e. The van der Waals surface area contributed by atoms with Crippen LogP contribution in [0.3, 0.4) is 0 Å². The highest BCUT2D eigenvalue weighted by molar-refractivity contribution is 6.32. The number of amides is 2. The Morgan fingerprint density at radius 2 is 1.93 bits per heavy atom. The molecule has 10 nitrogen and oxygen atoms in total. The molecule has 41 heavy (non-hydrogen) atoms. The zero-order chi connectivity index (χ0) is 28.3. The first kappa shape index (κ1) is 26.8. The lowest BCUT2D eigenvalue weighted by Gasteiger charge is -2.31. The van der Waals surface area contributed by atoms with E-state index in [1.54, 1.807) is 31.6 Å². The molecular formula is C30H30ClN7O3. The van der Waals surface area contributed by atoms with Crippen LogP contribution in [-0.4, -0.2) is 44.8 Å². The monoisotopic (exact) mass is 571 g/mol. The van der Waals surface area contributed by atoms with Gasteiger partial charge in [0.2, 0.25) is 11.9 Å². The van der Waals surface area contributed by atoms with Crippen molar-refractivity contribution in [3.8, 4) is 0 Å². The number of fused-ring (bicyclic) bond motifs is 6. The molecule has 4 aromatic rings. The van der Waals surface area contributed by atoms with Crippen LogP contribution >= 0.6 is 11.6 Å². The summed E-state index contributed by atoms with van der Waals surface area (Å²) in [6.07, 6.45) is 10.0. The predicted molar refractivity (Wildman–Crippen MR) is 157 cm³/mol. The third-order valence-electron chi connectivity index (χ3n) is 7.59. The molecule has 0 aliphatic carbocycles. The molecule has 0 unspecified atom stereocenters. The number of aromatic nitrogens is 3. The molecule has 3 N–H and O–H groups in total. The molecule has 0 saturated carbocycles. The first-order valence-electron chi connectivity index (χ1n) is 13.7. The number of carbonyl (C=O) groups excluding carboxylic acids is 2. The SMILES string of the molecule is Cc1occc1C(=O)N1CCC(CC(=O)Nc2ccc3cc2CCc2cncc(c2)Nc2ncc(Cl)c(n2)N3)CC1. The van der Waals surface area contributed by atoms with E-state index in [-0.39, 0.29) is 17.7 Å². The number of nitrogens with zero attached hydrogens (tertiary/aromatic N) is 4. The number of pyridine rings is 1. The number of likely N-dealkylation sites (tertiary alicyclic amines) is 1. The van der Waals surface area contributed by atoms with Crippen molar-refractivity contribution in [3.63, 3.8) is 0 Å². The van der Waals surface area contributed by atoms with Gasteiger partial charge in [-0.05, 0) is 80.0 Å². The molecule has 2 amide bonds. The number of carbonyl (C=O) groups is 2. The number of hydrogen-bond acceptors (Lipinski definition) is 8. The second-order valence-corrected chi connectivity index (χ2v) is 10.9. The Kier molecular flexibility index (Phi) is 7.56. The van der Waals surface area contributed by atoms with Gasteiger partial charge in [0.05, 0.1) is 29.9 Å². The van der Waals surface area contributed by atoms with Gasteiger partial charge in [-0.3, -0.25) is 14.6 Å². The highest BCUT2D eigenvalue weighted by atomic mass is 35.5. The minimum atomic E-state index is -0.0309. The van der Waals surface area contributed by atoms with Gasteiger partial charge in [-0.15, -0.1) is 0 Å². The third kappa shape index (κ3) is 6.17. The van der Waals surface area contributed by atoms with Gasteiger partial charge in [0.25, 0.3) is 5.91 Å². The summed E-state index contributed by atoms with van der Waals surface area (Å²) in [6, 6.07) is 9.55. The maximum Gasteiger partial charge on any atom is 0.257 e. The molecule has 11 heteroatoms. The summed E-state index contributed by atoms with van der Waals surface area (Å²) >= 11 is 6.37. The van der Waals surface area contributed by atoms with E-state index in [2.05, 4.69) is 30.9 Å². The van der Waals surface area contributed by atoms with Gasteiger partial charge >= 0.3 is 0 Å². The van der Waals surface area contributed by atoms with Crippen molar-refractivity contribution in [2.24, 2.45) is 5.92 Å². The predicted octanol–water partition coefficient (Wildman–Crippen LogP) is 5.89. The van der Waals surface area contributed by atoms with Crippen molar-refractivity contribution in [2.45, 2.75) is 39.0 Å². The summed E-state index contributed by atoms with van der Waals surface area (Å²) in [5, 5.41) is 10.0. The Hall–Kier alpha value is -4.44. The van der Waals surface area contributed by atoms with Crippen LogP contribution in [0.25, 0.3) is 0 Å². The number of halogens is 1. The first-order chi connectivity index (χ1) is 19.9. The molecule has 5 heterocycles. The molecule has 1 saturated heterocycles. The molecule has 1 aromatic carbocycles. The van der Waals surface area contributed by atoms with Gasteiger partial charge in [-0.25, -0.2) is 4.98 Å². The molecule has 210 valence electrons. The number of anilines is 5. The topological polar surface area (TPSA) is 125 Å². The highest BCUT2D eigenvalue weighted by Gasteiger charge is 2.27. The third-order valence-corrected chi connectivity index (χ3v) is 7.86. The van der Waals surface area contributed by atoms with Crippen LogP contribution in [0.15, 0.2) is 59.6 Å². The van der Waals surface area contributed by atoms with Gasteiger partial charge in [0.1, 0.15) is 10.8 Å². The fourth-order valence-electron chi connectivity index (χ4n) is 5.33. The summed E-state index contributed by atoms with van der Waals surface area (Å²) in [6.45, 7) is 3.05. The molecule has 0 spiro atoms. The van der Waals surface area contributed by atoms with E-state index < -0.39 is 0 Å². The van der Waals surface area contributed by atoms with Gasteiger partial charge in [-0.1, -0.05) is 11.6 Å². The summed E-state index contributed by atoms with van der Waals surface area (Å²) in [4.78, 5) is 41.0. The Bertz CT molecular complexity index is 1600. The minimum absolute atomic E-state index is 0.0103. The van der Waals surface area contributed by atoms with E-state index in [0.29, 0.717) is 54.0 Å². The number of benzene rings is 1. The van der Waals surface area contributed by atoms with Crippen LogP contribution in [0.2, 0.25) is 5.02 Å². The van der Waals surface area contributed by atoms with Crippen molar-refractivity contribution in [3.05, 3.63) is 82.7 Å². The number of piperidine rings is 1. The number of rotatable bonds is 4. The first-order valence-corrected chi connectivity index (χ1v) is 14.1. The lowest BCUT2D eigenvalue weighted by atomic mass is 9.92. The zero-order valence-corrected chi connectivity index (χ0v) is 23.4. The van der Waals surface area contributed by atoms with Crippen molar-refractivity contribution in [1.82, 2.24) is 19.9 Å². The van der Waals surface area contributed by atoms with Gasteiger partial charge < -0.3 is 25.3 Å². The standard InChI is InChI=1S/C30H30ClN7O3/c1-18-24(8-11-41-18)29(40)38-9-6-19(7-10-38)13-27(39)36-26-5-4-22-14-21(26)3-2-20-12-23(16-32-15-20)35-30-33-17-25(31)28(34-22)37-30/h4-5,8,11-12,14-17,19H,2-3,6-7,9-10,13H2,1H3,(H,36,39)(H2,33,34,35,37). The number of hydrogen-bond donors (Lipinski definition) is 3. The van der Waals surface area contributed by atoms with E-state index >= 15 is 0 Å². The lowest BCUT2D eigenvalue weighted by Crippen LogP contribution is -2.39. The molecule has 0 radical (unpaired) electrons. The van der Waals surface area contributed by atoms with Crippen LogP contribution in [0.1, 0.15) is 46.5 Å². The van der Waals surface area contributed by atoms with Gasteiger partial charge in [0.15, 0.2) is 5.82 Å². The number of aryl methyl sites for hydroxylation is 3. The normalized spacial score (nSPS) is 15.0. The molecule has 6 rings (SSSR count). The second-order valence-electron chi connectivity index (χ2n) is 10.5. The molecule has 0 atom stereocenters. The molecular weight excluding hydrogens is 542 g/mol. The van der Waals surface area contributed by atoms with Crippen LogP contribution in [-0.2, 0) is 17.6 Å². The summed E-state index contributed by atoms with van der Waals surface area (Å²) in [7, 11) is 0. The lowest BCUT2D eigenvalue weighted by molar-refractivity contribution is -0.117. The summed E-state index contributed by atoms with van der Waals surface area (Å²) < 4.78 is 5.29. The Morgan fingerprint density at radius 1 is 1.07 bits per heavy atom. The van der Waals surface area contributed by atoms with Crippen molar-refractivity contribution in [2.75, 3.05) is 29.0 Å². The van der Waals surface area contributed by atoms with E-state index in [4.69, 9.17) is 16.0 Å². The molecule has 6 bridgehead atoms. The van der Waals surface area contributed by atoms with E-state index in [1.165, 1.54) is 0 Å².